The zero-order valence-electron chi connectivity index (χ0n) is 8.07. The molecule has 1 aromatic carbocycles. The molecule has 0 N–H and O–H groups in total. The van der Waals surface area contributed by atoms with Crippen LogP contribution in [-0.2, 0) is 9.53 Å². The molecule has 0 fully saturated rings. The summed E-state index contributed by atoms with van der Waals surface area (Å²) in [6, 6.07) is 9.56. The van der Waals surface area contributed by atoms with Gasteiger partial charge in [-0.25, -0.2) is 4.79 Å². The van der Waals surface area contributed by atoms with Gasteiger partial charge >= 0.3 is 5.97 Å². The lowest BCUT2D eigenvalue weighted by molar-refractivity contribution is -0.134. The lowest BCUT2D eigenvalue weighted by atomic mass is 10.1. The maximum atomic E-state index is 11.0. The van der Waals surface area contributed by atoms with Crippen molar-refractivity contribution in [3.63, 3.8) is 0 Å². The molecule has 0 aliphatic rings. The van der Waals surface area contributed by atoms with Gasteiger partial charge in [0, 0.05) is 6.08 Å². The first-order valence-electron chi connectivity index (χ1n) is 4.25. The van der Waals surface area contributed by atoms with Crippen LogP contribution in [0.25, 0.3) is 5.57 Å². The third-order valence-electron chi connectivity index (χ3n) is 1.80. The number of ether oxygens (including phenoxy) is 1. The molecule has 0 spiro atoms. The van der Waals surface area contributed by atoms with E-state index in [0.29, 0.717) is 0 Å². The molecular weight excluding hydrogens is 176 g/mol. The first-order valence-corrected chi connectivity index (χ1v) is 4.25. The summed E-state index contributed by atoms with van der Waals surface area (Å²) >= 11 is 0. The number of esters is 1. The second kappa shape index (κ2) is 5.02. The van der Waals surface area contributed by atoms with Gasteiger partial charge in [0.05, 0.1) is 7.11 Å². The van der Waals surface area contributed by atoms with Crippen molar-refractivity contribution < 1.29 is 9.53 Å². The first-order chi connectivity index (χ1) is 6.77. The average molecular weight is 188 g/mol. The number of carbonyl (C=O) groups is 1. The van der Waals surface area contributed by atoms with Crippen molar-refractivity contribution in [2.75, 3.05) is 7.11 Å². The van der Waals surface area contributed by atoms with Gasteiger partial charge in [0.1, 0.15) is 0 Å². The Kier molecular flexibility index (Phi) is 3.68. The highest BCUT2D eigenvalue weighted by atomic mass is 16.5. The maximum absolute atomic E-state index is 11.0. The van der Waals surface area contributed by atoms with Crippen LogP contribution in [0, 0.1) is 0 Å². The van der Waals surface area contributed by atoms with Crippen LogP contribution in [0.5, 0.6) is 0 Å². The highest BCUT2D eigenvalue weighted by Gasteiger charge is 1.99. The molecule has 0 radical (unpaired) electrons. The second-order valence-corrected chi connectivity index (χ2v) is 2.69. The molecule has 0 aliphatic carbocycles. The van der Waals surface area contributed by atoms with Crippen molar-refractivity contribution in [3.05, 3.63) is 54.6 Å². The molecule has 2 nitrogen and oxygen atoms in total. The number of benzene rings is 1. The fourth-order valence-corrected chi connectivity index (χ4v) is 1.08. The van der Waals surface area contributed by atoms with Gasteiger partial charge in [-0.15, -0.1) is 0 Å². The van der Waals surface area contributed by atoms with Crippen LogP contribution in [-0.4, -0.2) is 13.1 Å². The molecule has 0 aliphatic heterocycles. The van der Waals surface area contributed by atoms with Gasteiger partial charge in [0.2, 0.25) is 0 Å². The van der Waals surface area contributed by atoms with E-state index in [1.54, 1.807) is 6.08 Å². The summed E-state index contributed by atoms with van der Waals surface area (Å²) in [5.74, 6) is -0.372. The highest BCUT2D eigenvalue weighted by Crippen LogP contribution is 2.14. The SMILES string of the molecule is C=CC(=CC(=O)OC)c1ccccc1. The Morgan fingerprint density at radius 2 is 2.00 bits per heavy atom. The third kappa shape index (κ3) is 2.59. The number of allylic oxidation sites excluding steroid dienone is 2. The summed E-state index contributed by atoms with van der Waals surface area (Å²) in [6.45, 7) is 3.65. The zero-order chi connectivity index (χ0) is 10.4. The minimum Gasteiger partial charge on any atom is -0.466 e. The van der Waals surface area contributed by atoms with Crippen molar-refractivity contribution in [2.45, 2.75) is 0 Å². The Bertz CT molecular complexity index is 350. The largest absolute Gasteiger partial charge is 0.466 e. The fourth-order valence-electron chi connectivity index (χ4n) is 1.08. The van der Waals surface area contributed by atoms with Crippen LogP contribution < -0.4 is 0 Å². The highest BCUT2D eigenvalue weighted by molar-refractivity contribution is 5.93. The number of rotatable bonds is 3. The van der Waals surface area contributed by atoms with E-state index in [4.69, 9.17) is 0 Å². The molecule has 14 heavy (non-hydrogen) atoms. The number of carbonyl (C=O) groups excluding carboxylic acids is 1. The quantitative estimate of drug-likeness (QED) is 0.413. The molecule has 72 valence electrons. The molecule has 2 heteroatoms. The molecular formula is C12H12O2. The van der Waals surface area contributed by atoms with Crippen molar-refractivity contribution in [3.8, 4) is 0 Å². The van der Waals surface area contributed by atoms with E-state index in [1.165, 1.54) is 13.2 Å². The summed E-state index contributed by atoms with van der Waals surface area (Å²) in [5.41, 5.74) is 1.71. The smallest absolute Gasteiger partial charge is 0.331 e. The van der Waals surface area contributed by atoms with Crippen molar-refractivity contribution in [1.82, 2.24) is 0 Å². The predicted octanol–water partition coefficient (Wildman–Crippen LogP) is 2.43. The Labute approximate surface area is 83.5 Å². The standard InChI is InChI=1S/C12H12O2/c1-3-10(9-12(13)14-2)11-7-5-4-6-8-11/h3-9H,1H2,2H3. The molecule has 1 rings (SSSR count). The van der Waals surface area contributed by atoms with Gasteiger partial charge in [-0.2, -0.15) is 0 Å². The Morgan fingerprint density at radius 3 is 2.50 bits per heavy atom. The maximum Gasteiger partial charge on any atom is 0.331 e. The number of hydrogen-bond acceptors (Lipinski definition) is 2. The van der Waals surface area contributed by atoms with Crippen molar-refractivity contribution >= 4 is 11.5 Å². The summed E-state index contributed by atoms with van der Waals surface area (Å²) in [4.78, 5) is 11.0. The molecule has 1 aromatic rings. The molecule has 0 saturated carbocycles. The first kappa shape index (κ1) is 10.3. The van der Waals surface area contributed by atoms with Gasteiger partial charge in [-0.3, -0.25) is 0 Å². The minimum atomic E-state index is -0.372. The van der Waals surface area contributed by atoms with E-state index in [1.807, 2.05) is 30.3 Å². The lowest BCUT2D eigenvalue weighted by Gasteiger charge is -2.00. The van der Waals surface area contributed by atoms with Crippen molar-refractivity contribution in [2.24, 2.45) is 0 Å². The third-order valence-corrected chi connectivity index (χ3v) is 1.80. The zero-order valence-corrected chi connectivity index (χ0v) is 8.07. The molecule has 0 unspecified atom stereocenters. The molecule has 0 heterocycles. The second-order valence-electron chi connectivity index (χ2n) is 2.69. The molecule has 0 amide bonds. The Hall–Kier alpha value is -1.83. The average Bonchev–Trinajstić information content (AvgIpc) is 2.26. The van der Waals surface area contributed by atoms with Gasteiger partial charge in [0.25, 0.3) is 0 Å². The van der Waals surface area contributed by atoms with Gasteiger partial charge in [-0.05, 0) is 11.1 Å². The van der Waals surface area contributed by atoms with Crippen molar-refractivity contribution in [1.29, 1.82) is 0 Å². The van der Waals surface area contributed by atoms with E-state index in [9.17, 15) is 4.79 Å². The molecule has 0 bridgehead atoms. The van der Waals surface area contributed by atoms with Crippen LogP contribution in [0.3, 0.4) is 0 Å². The Morgan fingerprint density at radius 1 is 1.36 bits per heavy atom. The summed E-state index contributed by atoms with van der Waals surface area (Å²) in [7, 11) is 1.35. The predicted molar refractivity (Wildman–Crippen MR) is 56.6 cm³/mol. The van der Waals surface area contributed by atoms with Crippen LogP contribution in [0.4, 0.5) is 0 Å². The monoisotopic (exact) mass is 188 g/mol. The molecule has 0 aromatic heterocycles. The fraction of sp³-hybridized carbons (Fsp3) is 0.0833. The van der Waals surface area contributed by atoms with E-state index < -0.39 is 0 Å². The van der Waals surface area contributed by atoms with Crippen LogP contribution in [0.1, 0.15) is 5.56 Å². The summed E-state index contributed by atoms with van der Waals surface area (Å²) < 4.78 is 4.54. The van der Waals surface area contributed by atoms with E-state index in [-0.39, 0.29) is 5.97 Å². The summed E-state index contributed by atoms with van der Waals surface area (Å²) in [5, 5.41) is 0. The topological polar surface area (TPSA) is 26.3 Å². The van der Waals surface area contributed by atoms with Gasteiger partial charge in [0.15, 0.2) is 0 Å². The summed E-state index contributed by atoms with van der Waals surface area (Å²) in [6.07, 6.45) is 3.05. The molecule has 0 atom stereocenters. The minimum absolute atomic E-state index is 0.372. The van der Waals surface area contributed by atoms with Crippen LogP contribution in [0.2, 0.25) is 0 Å². The Balaban J connectivity index is 2.99. The van der Waals surface area contributed by atoms with Crippen LogP contribution >= 0.6 is 0 Å². The number of methoxy groups -OCH3 is 1. The van der Waals surface area contributed by atoms with E-state index in [2.05, 4.69) is 11.3 Å². The van der Waals surface area contributed by atoms with Gasteiger partial charge < -0.3 is 4.74 Å². The van der Waals surface area contributed by atoms with E-state index in [0.717, 1.165) is 11.1 Å². The molecule has 0 saturated heterocycles. The normalized spacial score (nSPS) is 10.8. The van der Waals surface area contributed by atoms with Gasteiger partial charge in [-0.1, -0.05) is 43.0 Å². The van der Waals surface area contributed by atoms with E-state index >= 15 is 0 Å². The number of hydrogen-bond donors (Lipinski definition) is 0. The lowest BCUT2D eigenvalue weighted by Crippen LogP contribution is -1.95. The van der Waals surface area contributed by atoms with Crippen LogP contribution in [0.15, 0.2) is 49.1 Å².